The number of nitrogens with one attached hydrogen (secondary N) is 2. The van der Waals surface area contributed by atoms with Crippen LogP contribution in [0, 0.1) is 6.92 Å². The van der Waals surface area contributed by atoms with E-state index in [1.807, 2.05) is 17.5 Å². The zero-order chi connectivity index (χ0) is 18.5. The molecule has 0 aliphatic carbocycles. The van der Waals surface area contributed by atoms with Crippen molar-refractivity contribution in [2.75, 3.05) is 18.5 Å². The van der Waals surface area contributed by atoms with Crippen LogP contribution >= 0.6 is 22.7 Å². The molecule has 0 aromatic carbocycles. The summed E-state index contributed by atoms with van der Waals surface area (Å²) < 4.78 is 1.42. The highest BCUT2D eigenvalue weighted by molar-refractivity contribution is 7.22. The summed E-state index contributed by atoms with van der Waals surface area (Å²) in [5.74, 6) is -0.522. The molecule has 3 aromatic rings. The Labute approximate surface area is 157 Å². The fraction of sp³-hybridized carbons (Fsp3) is 0.250. The first kappa shape index (κ1) is 18.2. The number of thiophene rings is 1. The van der Waals surface area contributed by atoms with Gasteiger partial charge in [-0.3, -0.25) is 14.3 Å². The number of hydrogen-bond donors (Lipinski definition) is 3. The van der Waals surface area contributed by atoms with Crippen molar-refractivity contribution in [2.24, 2.45) is 0 Å². The van der Waals surface area contributed by atoms with Gasteiger partial charge in [-0.05, 0) is 18.4 Å². The number of carbonyl (C=O) groups excluding carboxylic acids is 2. The highest BCUT2D eigenvalue weighted by Gasteiger charge is 2.17. The predicted octanol–water partition coefficient (Wildman–Crippen LogP) is 1.74. The highest BCUT2D eigenvalue weighted by atomic mass is 32.1. The van der Waals surface area contributed by atoms with Crippen molar-refractivity contribution in [3.05, 3.63) is 40.5 Å². The third-order valence-corrected chi connectivity index (χ3v) is 5.56. The summed E-state index contributed by atoms with van der Waals surface area (Å²) in [5, 5.41) is 20.8. The largest absolute Gasteiger partial charge is 0.395 e. The number of nitrogens with zero attached hydrogens (tertiary/aromatic N) is 3. The molecule has 0 bridgehead atoms. The molecule has 26 heavy (non-hydrogen) atoms. The molecule has 0 radical (unpaired) electrons. The maximum absolute atomic E-state index is 12.5. The molecule has 0 saturated carbocycles. The van der Waals surface area contributed by atoms with Crippen molar-refractivity contribution in [1.82, 2.24) is 20.1 Å². The van der Waals surface area contributed by atoms with Crippen molar-refractivity contribution in [2.45, 2.75) is 13.5 Å². The van der Waals surface area contributed by atoms with Crippen LogP contribution in [0.1, 0.15) is 15.4 Å². The first-order valence-electron chi connectivity index (χ1n) is 7.79. The van der Waals surface area contributed by atoms with Crippen molar-refractivity contribution >= 4 is 40.2 Å². The van der Waals surface area contributed by atoms with Crippen LogP contribution in [0.15, 0.2) is 29.9 Å². The first-order valence-corrected chi connectivity index (χ1v) is 9.49. The van der Waals surface area contributed by atoms with Gasteiger partial charge in [0.05, 0.1) is 29.1 Å². The summed E-state index contributed by atoms with van der Waals surface area (Å²) in [6.07, 6.45) is 3.06. The van der Waals surface area contributed by atoms with Crippen molar-refractivity contribution in [1.29, 1.82) is 0 Å². The zero-order valence-corrected chi connectivity index (χ0v) is 15.6. The number of hydrogen-bond acceptors (Lipinski definition) is 7. The number of carbonyl (C=O) groups is 2. The van der Waals surface area contributed by atoms with Gasteiger partial charge in [-0.25, -0.2) is 4.98 Å². The molecule has 8 nitrogen and oxygen atoms in total. The molecule has 3 heterocycles. The van der Waals surface area contributed by atoms with Crippen molar-refractivity contribution in [3.63, 3.8) is 0 Å². The molecule has 2 amide bonds. The number of aromatic nitrogens is 3. The minimum atomic E-state index is -0.265. The van der Waals surface area contributed by atoms with Gasteiger partial charge in [-0.2, -0.15) is 5.10 Å². The van der Waals surface area contributed by atoms with E-state index in [1.165, 1.54) is 22.2 Å². The van der Waals surface area contributed by atoms with Gasteiger partial charge in [0.15, 0.2) is 0 Å². The minimum Gasteiger partial charge on any atom is -0.395 e. The lowest BCUT2D eigenvalue weighted by Crippen LogP contribution is -2.30. The fourth-order valence-corrected chi connectivity index (χ4v) is 3.97. The molecule has 0 atom stereocenters. The van der Waals surface area contributed by atoms with E-state index in [2.05, 4.69) is 20.7 Å². The van der Waals surface area contributed by atoms with Crippen LogP contribution in [0.5, 0.6) is 0 Å². The normalized spacial score (nSPS) is 10.7. The molecule has 3 rings (SSSR count). The SMILES string of the molecule is Cc1nc(-c2cccs2)sc1C(=O)Nc1cnn(CC(=O)NCCO)c1. The van der Waals surface area contributed by atoms with Gasteiger partial charge >= 0.3 is 0 Å². The maximum Gasteiger partial charge on any atom is 0.267 e. The van der Waals surface area contributed by atoms with E-state index in [0.29, 0.717) is 16.3 Å². The molecule has 10 heteroatoms. The Morgan fingerprint density at radius 3 is 2.96 bits per heavy atom. The Morgan fingerprint density at radius 1 is 1.38 bits per heavy atom. The number of thiazole rings is 1. The van der Waals surface area contributed by atoms with Crippen LogP contribution < -0.4 is 10.6 Å². The van der Waals surface area contributed by atoms with E-state index in [4.69, 9.17) is 5.11 Å². The Morgan fingerprint density at radius 2 is 2.23 bits per heavy atom. The fourth-order valence-electron chi connectivity index (χ4n) is 2.21. The lowest BCUT2D eigenvalue weighted by atomic mass is 10.3. The smallest absolute Gasteiger partial charge is 0.267 e. The van der Waals surface area contributed by atoms with Crippen LogP contribution in [-0.4, -0.2) is 44.8 Å². The average Bonchev–Trinajstić information content (AvgIpc) is 3.34. The Balaban J connectivity index is 1.64. The molecule has 3 N–H and O–H groups in total. The highest BCUT2D eigenvalue weighted by Crippen LogP contribution is 2.31. The van der Waals surface area contributed by atoms with E-state index < -0.39 is 0 Å². The van der Waals surface area contributed by atoms with E-state index in [0.717, 1.165) is 9.88 Å². The lowest BCUT2D eigenvalue weighted by Gasteiger charge is -2.03. The molecule has 0 aliphatic heterocycles. The monoisotopic (exact) mass is 391 g/mol. The Hall–Kier alpha value is -2.56. The predicted molar refractivity (Wildman–Crippen MR) is 100 cm³/mol. The molecule has 0 fully saturated rings. The Kier molecular flexibility index (Phi) is 5.76. The maximum atomic E-state index is 12.5. The molecule has 0 unspecified atom stereocenters. The van der Waals surface area contributed by atoms with Crippen molar-refractivity contribution in [3.8, 4) is 9.88 Å². The zero-order valence-electron chi connectivity index (χ0n) is 13.9. The second-order valence-corrected chi connectivity index (χ2v) is 7.31. The third kappa shape index (κ3) is 4.34. The van der Waals surface area contributed by atoms with Gasteiger partial charge in [-0.15, -0.1) is 22.7 Å². The first-order chi connectivity index (χ1) is 12.6. The van der Waals surface area contributed by atoms with Crippen LogP contribution in [0.3, 0.4) is 0 Å². The van der Waals surface area contributed by atoms with Gasteiger partial charge < -0.3 is 15.7 Å². The number of aliphatic hydroxyl groups excluding tert-OH is 1. The molecule has 0 saturated heterocycles. The van der Waals surface area contributed by atoms with Crippen LogP contribution in [0.4, 0.5) is 5.69 Å². The average molecular weight is 391 g/mol. The van der Waals surface area contributed by atoms with Gasteiger partial charge in [0.25, 0.3) is 5.91 Å². The molecule has 136 valence electrons. The van der Waals surface area contributed by atoms with E-state index in [9.17, 15) is 9.59 Å². The van der Waals surface area contributed by atoms with Crippen LogP contribution in [0.25, 0.3) is 9.88 Å². The summed E-state index contributed by atoms with van der Waals surface area (Å²) in [5.41, 5.74) is 1.17. The summed E-state index contributed by atoms with van der Waals surface area (Å²) >= 11 is 2.92. The Bertz CT molecular complexity index is 901. The molecule has 3 aromatic heterocycles. The molecule has 0 spiro atoms. The summed E-state index contributed by atoms with van der Waals surface area (Å²) in [6.45, 7) is 1.89. The number of aryl methyl sites for hydroxylation is 1. The topological polar surface area (TPSA) is 109 Å². The standard InChI is InChI=1S/C16H17N5O3S2/c1-10-14(26-16(19-10)12-3-2-6-25-12)15(24)20-11-7-18-21(8-11)9-13(23)17-4-5-22/h2-3,6-8,22H,4-5,9H2,1H3,(H,17,23)(H,20,24). The lowest BCUT2D eigenvalue weighted by molar-refractivity contribution is -0.122. The van der Waals surface area contributed by atoms with Gasteiger partial charge in [0, 0.05) is 12.7 Å². The van der Waals surface area contributed by atoms with Gasteiger partial charge in [-0.1, -0.05) is 6.07 Å². The number of aliphatic hydroxyl groups is 1. The van der Waals surface area contributed by atoms with E-state index >= 15 is 0 Å². The van der Waals surface area contributed by atoms with E-state index in [1.54, 1.807) is 24.5 Å². The summed E-state index contributed by atoms with van der Waals surface area (Å²) in [4.78, 5) is 30.2. The summed E-state index contributed by atoms with van der Waals surface area (Å²) in [6, 6.07) is 3.91. The molecular weight excluding hydrogens is 374 g/mol. The van der Waals surface area contributed by atoms with E-state index in [-0.39, 0.29) is 31.5 Å². The summed E-state index contributed by atoms with van der Waals surface area (Å²) in [7, 11) is 0. The number of anilines is 1. The van der Waals surface area contributed by atoms with Crippen molar-refractivity contribution < 1.29 is 14.7 Å². The van der Waals surface area contributed by atoms with Crippen LogP contribution in [0.2, 0.25) is 0 Å². The second kappa shape index (κ2) is 8.21. The van der Waals surface area contributed by atoms with Crippen LogP contribution in [-0.2, 0) is 11.3 Å². The number of rotatable bonds is 7. The second-order valence-electron chi connectivity index (χ2n) is 5.37. The molecule has 0 aliphatic rings. The molecular formula is C16H17N5O3S2. The van der Waals surface area contributed by atoms with Gasteiger partial charge in [0.2, 0.25) is 5.91 Å². The minimum absolute atomic E-state index is 0.0119. The number of amides is 2. The quantitative estimate of drug-likeness (QED) is 0.568. The third-order valence-electron chi connectivity index (χ3n) is 3.37. The van der Waals surface area contributed by atoms with Gasteiger partial charge in [0.1, 0.15) is 16.4 Å².